The summed E-state index contributed by atoms with van der Waals surface area (Å²) in [6, 6.07) is 0. The van der Waals surface area contributed by atoms with Gasteiger partial charge in [-0.05, 0) is 6.42 Å². The molecule has 0 saturated carbocycles. The second kappa shape index (κ2) is 3.67. The smallest absolute Gasteiger partial charge is 0.0385 e. The van der Waals surface area contributed by atoms with Crippen LogP contribution < -0.4 is 5.11 Å². The predicted molar refractivity (Wildman–Crippen MR) is 35.7 cm³/mol. The molecule has 0 amide bonds. The molecule has 0 aromatic rings. The molecule has 52 valence electrons. The van der Waals surface area contributed by atoms with E-state index in [0.717, 1.165) is 25.7 Å². The Morgan fingerprint density at radius 2 is 2.11 bits per heavy atom. The van der Waals surface area contributed by atoms with E-state index in [-0.39, 0.29) is 0 Å². The van der Waals surface area contributed by atoms with E-state index in [9.17, 15) is 5.11 Å². The van der Waals surface area contributed by atoms with Crippen LogP contribution in [0.3, 0.4) is 0 Å². The first kappa shape index (κ1) is 6.81. The molecule has 1 aliphatic carbocycles. The van der Waals surface area contributed by atoms with Crippen molar-refractivity contribution in [1.82, 2.24) is 0 Å². The highest BCUT2D eigenvalue weighted by Gasteiger charge is 1.86. The standard InChI is InChI=1S/C8H12O/c9-8-6-4-2-1-3-5-7-8/h1-2,7-8H,3-6H2/q-2/b2-1-. The Bertz CT molecular complexity index is 96.7. The quantitative estimate of drug-likeness (QED) is 0.349. The zero-order valence-corrected chi connectivity index (χ0v) is 5.55. The first-order valence-electron chi connectivity index (χ1n) is 3.54. The van der Waals surface area contributed by atoms with Crippen molar-refractivity contribution in [3.8, 4) is 0 Å². The van der Waals surface area contributed by atoms with E-state index in [4.69, 9.17) is 0 Å². The SMILES string of the molecule is [O-]C1[CH-]CC/C=C\CC1. The average Bonchev–Trinajstić information content (AvgIpc) is 1.79. The van der Waals surface area contributed by atoms with E-state index in [1.165, 1.54) is 0 Å². The fraction of sp³-hybridized carbons (Fsp3) is 0.625. The summed E-state index contributed by atoms with van der Waals surface area (Å²) in [6.45, 7) is 0. The van der Waals surface area contributed by atoms with Gasteiger partial charge in [-0.3, -0.25) is 6.10 Å². The predicted octanol–water partition coefficient (Wildman–Crippen LogP) is 1.05. The van der Waals surface area contributed by atoms with E-state index >= 15 is 0 Å². The summed E-state index contributed by atoms with van der Waals surface area (Å²) in [7, 11) is 0. The maximum atomic E-state index is 10.8. The molecular formula is C8H12O-2. The van der Waals surface area contributed by atoms with Gasteiger partial charge in [0.25, 0.3) is 0 Å². The normalized spacial score (nSPS) is 32.8. The van der Waals surface area contributed by atoms with Crippen LogP contribution in [-0.4, -0.2) is 6.10 Å². The maximum absolute atomic E-state index is 10.8. The molecule has 0 bridgehead atoms. The van der Waals surface area contributed by atoms with Gasteiger partial charge in [-0.2, -0.15) is 6.42 Å². The van der Waals surface area contributed by atoms with Gasteiger partial charge in [0.05, 0.1) is 0 Å². The van der Waals surface area contributed by atoms with Crippen molar-refractivity contribution in [2.24, 2.45) is 0 Å². The second-order valence-corrected chi connectivity index (χ2v) is 2.40. The van der Waals surface area contributed by atoms with E-state index in [1.807, 2.05) is 6.42 Å². The van der Waals surface area contributed by atoms with Crippen LogP contribution in [0.25, 0.3) is 0 Å². The first-order chi connectivity index (χ1) is 4.39. The number of allylic oxidation sites excluding steroid dienone is 2. The summed E-state index contributed by atoms with van der Waals surface area (Å²) < 4.78 is 0. The molecule has 0 spiro atoms. The van der Waals surface area contributed by atoms with Gasteiger partial charge in [0.1, 0.15) is 0 Å². The topological polar surface area (TPSA) is 23.1 Å². The van der Waals surface area contributed by atoms with Crippen molar-refractivity contribution < 1.29 is 5.11 Å². The lowest BCUT2D eigenvalue weighted by Gasteiger charge is -2.32. The number of rotatable bonds is 0. The summed E-state index contributed by atoms with van der Waals surface area (Å²) in [4.78, 5) is 0. The molecule has 1 heteroatoms. The monoisotopic (exact) mass is 124 g/mol. The van der Waals surface area contributed by atoms with Crippen molar-refractivity contribution in [1.29, 1.82) is 0 Å². The third kappa shape index (κ3) is 2.66. The van der Waals surface area contributed by atoms with Crippen LogP contribution >= 0.6 is 0 Å². The Hall–Kier alpha value is -0.300. The fourth-order valence-electron chi connectivity index (χ4n) is 0.992. The van der Waals surface area contributed by atoms with Gasteiger partial charge in [0.2, 0.25) is 0 Å². The maximum Gasteiger partial charge on any atom is -0.0385 e. The summed E-state index contributed by atoms with van der Waals surface area (Å²) in [5, 5.41) is 10.8. The average molecular weight is 124 g/mol. The molecule has 0 radical (unpaired) electrons. The molecule has 1 rings (SSSR count). The number of hydrogen-bond acceptors (Lipinski definition) is 1. The molecule has 0 saturated heterocycles. The third-order valence-corrected chi connectivity index (χ3v) is 1.55. The number of hydrogen-bond donors (Lipinski definition) is 0. The molecule has 0 aromatic heterocycles. The Kier molecular flexibility index (Phi) is 2.78. The van der Waals surface area contributed by atoms with Gasteiger partial charge in [0.15, 0.2) is 0 Å². The highest BCUT2D eigenvalue weighted by Crippen LogP contribution is 2.08. The summed E-state index contributed by atoms with van der Waals surface area (Å²) >= 11 is 0. The van der Waals surface area contributed by atoms with E-state index < -0.39 is 6.10 Å². The second-order valence-electron chi connectivity index (χ2n) is 2.40. The first-order valence-corrected chi connectivity index (χ1v) is 3.54. The van der Waals surface area contributed by atoms with Crippen LogP contribution in [0.2, 0.25) is 0 Å². The van der Waals surface area contributed by atoms with Crippen molar-refractivity contribution in [3.05, 3.63) is 18.6 Å². The van der Waals surface area contributed by atoms with Gasteiger partial charge in [0, 0.05) is 0 Å². The molecule has 1 unspecified atom stereocenters. The van der Waals surface area contributed by atoms with E-state index in [1.54, 1.807) is 0 Å². The van der Waals surface area contributed by atoms with Gasteiger partial charge in [-0.1, -0.05) is 25.0 Å². The van der Waals surface area contributed by atoms with Crippen LogP contribution in [0.1, 0.15) is 25.7 Å². The Morgan fingerprint density at radius 3 is 3.00 bits per heavy atom. The largest absolute Gasteiger partial charge is 0.876 e. The minimum Gasteiger partial charge on any atom is -0.876 e. The van der Waals surface area contributed by atoms with Crippen molar-refractivity contribution in [2.75, 3.05) is 0 Å². The van der Waals surface area contributed by atoms with E-state index in [0.29, 0.717) is 0 Å². The summed E-state index contributed by atoms with van der Waals surface area (Å²) in [5.74, 6) is 0. The Balaban J connectivity index is 2.27. The summed E-state index contributed by atoms with van der Waals surface area (Å²) in [6.07, 6.45) is 9.50. The molecule has 0 aromatic carbocycles. The van der Waals surface area contributed by atoms with Crippen LogP contribution in [0.4, 0.5) is 0 Å². The molecule has 9 heavy (non-hydrogen) atoms. The highest BCUT2D eigenvalue weighted by molar-refractivity contribution is 4.89. The molecule has 1 aliphatic rings. The minimum absolute atomic E-state index is 0.407. The fourth-order valence-corrected chi connectivity index (χ4v) is 0.992. The van der Waals surface area contributed by atoms with Crippen LogP contribution in [-0.2, 0) is 0 Å². The molecule has 0 fully saturated rings. The molecule has 0 N–H and O–H groups in total. The molecular weight excluding hydrogens is 112 g/mol. The zero-order valence-electron chi connectivity index (χ0n) is 5.55. The van der Waals surface area contributed by atoms with Gasteiger partial charge in [-0.15, -0.1) is 0 Å². The van der Waals surface area contributed by atoms with Gasteiger partial charge >= 0.3 is 0 Å². The zero-order chi connectivity index (χ0) is 6.53. The van der Waals surface area contributed by atoms with Crippen molar-refractivity contribution in [3.63, 3.8) is 0 Å². The Morgan fingerprint density at radius 1 is 1.33 bits per heavy atom. The van der Waals surface area contributed by atoms with Crippen LogP contribution in [0.15, 0.2) is 12.2 Å². The van der Waals surface area contributed by atoms with Crippen molar-refractivity contribution in [2.45, 2.75) is 31.8 Å². The highest BCUT2D eigenvalue weighted by atomic mass is 16.3. The van der Waals surface area contributed by atoms with Gasteiger partial charge < -0.3 is 11.5 Å². The lowest BCUT2D eigenvalue weighted by Crippen LogP contribution is -2.25. The molecule has 0 aliphatic heterocycles. The third-order valence-electron chi connectivity index (χ3n) is 1.55. The van der Waals surface area contributed by atoms with Gasteiger partial charge in [-0.25, -0.2) is 0 Å². The van der Waals surface area contributed by atoms with Crippen LogP contribution in [0, 0.1) is 6.42 Å². The Labute approximate surface area is 56.4 Å². The van der Waals surface area contributed by atoms with E-state index in [2.05, 4.69) is 12.2 Å². The van der Waals surface area contributed by atoms with Crippen LogP contribution in [0.5, 0.6) is 0 Å². The lowest BCUT2D eigenvalue weighted by molar-refractivity contribution is -0.410. The lowest BCUT2D eigenvalue weighted by atomic mass is 10.0. The summed E-state index contributed by atoms with van der Waals surface area (Å²) in [5.41, 5.74) is 0. The van der Waals surface area contributed by atoms with Crippen molar-refractivity contribution >= 4 is 0 Å². The molecule has 1 atom stereocenters. The molecule has 0 heterocycles. The minimum atomic E-state index is -0.407. The molecule has 1 nitrogen and oxygen atoms in total.